The summed E-state index contributed by atoms with van der Waals surface area (Å²) in [6, 6.07) is 7.63. The van der Waals surface area contributed by atoms with Gasteiger partial charge in [-0.3, -0.25) is 0 Å². The summed E-state index contributed by atoms with van der Waals surface area (Å²) >= 11 is 0. The summed E-state index contributed by atoms with van der Waals surface area (Å²) in [5.74, 6) is 1.34. The Morgan fingerprint density at radius 3 is 2.72 bits per heavy atom. The van der Waals surface area contributed by atoms with Crippen molar-refractivity contribution < 1.29 is 9.47 Å². The van der Waals surface area contributed by atoms with Crippen LogP contribution in [0.15, 0.2) is 18.2 Å². The lowest BCUT2D eigenvalue weighted by molar-refractivity contribution is 0.114. The first kappa shape index (κ1) is 14.5. The molecule has 0 heterocycles. The van der Waals surface area contributed by atoms with E-state index in [4.69, 9.17) is 14.7 Å². The zero-order valence-electron chi connectivity index (χ0n) is 11.4. The first-order valence-electron chi connectivity index (χ1n) is 6.32. The van der Waals surface area contributed by atoms with Crippen LogP contribution in [0, 0.1) is 17.2 Å². The van der Waals surface area contributed by atoms with Gasteiger partial charge < -0.3 is 9.47 Å². The summed E-state index contributed by atoms with van der Waals surface area (Å²) in [7, 11) is 1.57. The van der Waals surface area contributed by atoms with Gasteiger partial charge in [0.15, 0.2) is 0 Å². The molecule has 98 valence electrons. The second-order valence-electron chi connectivity index (χ2n) is 4.74. The number of benzene rings is 1. The Labute approximate surface area is 109 Å². The summed E-state index contributed by atoms with van der Waals surface area (Å²) in [5, 5.41) is 8.88. The van der Waals surface area contributed by atoms with E-state index in [1.54, 1.807) is 13.2 Å². The van der Waals surface area contributed by atoms with Gasteiger partial charge in [0.2, 0.25) is 0 Å². The number of hydrogen-bond acceptors (Lipinski definition) is 3. The lowest BCUT2D eigenvalue weighted by Crippen LogP contribution is -1.98. The van der Waals surface area contributed by atoms with E-state index in [0.717, 1.165) is 24.5 Å². The zero-order chi connectivity index (χ0) is 13.4. The van der Waals surface area contributed by atoms with E-state index < -0.39 is 0 Å². The van der Waals surface area contributed by atoms with Crippen molar-refractivity contribution >= 4 is 0 Å². The highest BCUT2D eigenvalue weighted by Gasteiger charge is 2.03. The number of nitrogens with zero attached hydrogens (tertiary/aromatic N) is 1. The van der Waals surface area contributed by atoms with E-state index in [2.05, 4.69) is 19.9 Å². The Kier molecular flexibility index (Phi) is 6.24. The fraction of sp³-hybridized carbons (Fsp3) is 0.533. The average Bonchev–Trinajstić information content (AvgIpc) is 2.37. The summed E-state index contributed by atoms with van der Waals surface area (Å²) in [5.41, 5.74) is 1.59. The minimum absolute atomic E-state index is 0.557. The van der Waals surface area contributed by atoms with Crippen molar-refractivity contribution in [2.45, 2.75) is 33.3 Å². The van der Waals surface area contributed by atoms with Crippen LogP contribution in [-0.2, 0) is 11.3 Å². The van der Waals surface area contributed by atoms with E-state index in [9.17, 15) is 0 Å². The van der Waals surface area contributed by atoms with Crippen molar-refractivity contribution in [1.29, 1.82) is 5.26 Å². The van der Waals surface area contributed by atoms with E-state index in [1.807, 2.05) is 12.1 Å². The normalized spacial score (nSPS) is 10.4. The third-order valence-corrected chi connectivity index (χ3v) is 2.73. The van der Waals surface area contributed by atoms with E-state index >= 15 is 0 Å². The van der Waals surface area contributed by atoms with Crippen molar-refractivity contribution in [3.8, 4) is 11.8 Å². The molecule has 3 nitrogen and oxygen atoms in total. The summed E-state index contributed by atoms with van der Waals surface area (Å²) in [4.78, 5) is 0. The predicted molar refractivity (Wildman–Crippen MR) is 71.4 cm³/mol. The summed E-state index contributed by atoms with van der Waals surface area (Å²) < 4.78 is 10.8. The predicted octanol–water partition coefficient (Wildman–Crippen LogP) is 3.52. The summed E-state index contributed by atoms with van der Waals surface area (Å²) in [6.45, 7) is 5.78. The molecule has 0 saturated heterocycles. The topological polar surface area (TPSA) is 42.2 Å². The molecule has 1 aromatic carbocycles. The third kappa shape index (κ3) is 4.77. The Bertz CT molecular complexity index is 407. The van der Waals surface area contributed by atoms with Crippen LogP contribution in [0.25, 0.3) is 0 Å². The molecule has 0 saturated carbocycles. The molecule has 3 heteroatoms. The van der Waals surface area contributed by atoms with Gasteiger partial charge in [-0.05, 0) is 36.5 Å². The molecule has 1 rings (SSSR count). The standard InChI is InChI=1S/C15H21NO2/c1-12(2)5-4-8-18-11-13-6-7-14(10-16)15(9-13)17-3/h6-7,9,12H,4-5,8,11H2,1-3H3. The molecule has 1 aromatic rings. The number of rotatable bonds is 7. The molecular weight excluding hydrogens is 226 g/mol. The highest BCUT2D eigenvalue weighted by atomic mass is 16.5. The van der Waals surface area contributed by atoms with E-state index in [1.165, 1.54) is 6.42 Å². The molecule has 0 radical (unpaired) electrons. The van der Waals surface area contributed by atoms with E-state index in [0.29, 0.717) is 17.9 Å². The van der Waals surface area contributed by atoms with Crippen LogP contribution in [0.1, 0.15) is 37.8 Å². The highest BCUT2D eigenvalue weighted by Crippen LogP contribution is 2.19. The first-order chi connectivity index (χ1) is 8.67. The molecule has 0 aliphatic heterocycles. The van der Waals surface area contributed by atoms with Crippen LogP contribution >= 0.6 is 0 Å². The monoisotopic (exact) mass is 247 g/mol. The number of methoxy groups -OCH3 is 1. The van der Waals surface area contributed by atoms with Gasteiger partial charge in [-0.15, -0.1) is 0 Å². The van der Waals surface area contributed by atoms with Gasteiger partial charge in [-0.2, -0.15) is 5.26 Å². The Hall–Kier alpha value is -1.53. The van der Waals surface area contributed by atoms with Gasteiger partial charge in [0.1, 0.15) is 11.8 Å². The number of ether oxygens (including phenoxy) is 2. The van der Waals surface area contributed by atoms with Gasteiger partial charge in [0.05, 0.1) is 19.3 Å². The molecule has 0 amide bonds. The Balaban J connectivity index is 2.41. The molecule has 0 N–H and O–H groups in total. The Morgan fingerprint density at radius 1 is 1.33 bits per heavy atom. The lowest BCUT2D eigenvalue weighted by atomic mass is 10.1. The molecule has 0 aromatic heterocycles. The molecule has 0 bridgehead atoms. The smallest absolute Gasteiger partial charge is 0.136 e. The highest BCUT2D eigenvalue weighted by molar-refractivity contribution is 5.45. The summed E-state index contributed by atoms with van der Waals surface area (Å²) in [6.07, 6.45) is 2.28. The first-order valence-corrected chi connectivity index (χ1v) is 6.32. The molecule has 0 unspecified atom stereocenters. The van der Waals surface area contributed by atoms with Crippen molar-refractivity contribution in [2.75, 3.05) is 13.7 Å². The van der Waals surface area contributed by atoms with Crippen LogP contribution in [0.2, 0.25) is 0 Å². The maximum Gasteiger partial charge on any atom is 0.136 e. The second kappa shape index (κ2) is 7.73. The largest absolute Gasteiger partial charge is 0.495 e. The fourth-order valence-corrected chi connectivity index (χ4v) is 1.70. The van der Waals surface area contributed by atoms with Crippen molar-refractivity contribution in [3.63, 3.8) is 0 Å². The average molecular weight is 247 g/mol. The van der Waals surface area contributed by atoms with Crippen molar-refractivity contribution in [1.82, 2.24) is 0 Å². The van der Waals surface area contributed by atoms with Crippen LogP contribution in [0.4, 0.5) is 0 Å². The van der Waals surface area contributed by atoms with Crippen LogP contribution in [0.5, 0.6) is 5.75 Å². The number of hydrogen-bond donors (Lipinski definition) is 0. The molecule has 0 spiro atoms. The zero-order valence-corrected chi connectivity index (χ0v) is 11.4. The minimum atomic E-state index is 0.557. The molecule has 0 aliphatic carbocycles. The van der Waals surface area contributed by atoms with Gasteiger partial charge in [-0.25, -0.2) is 0 Å². The van der Waals surface area contributed by atoms with Gasteiger partial charge in [-0.1, -0.05) is 19.9 Å². The third-order valence-electron chi connectivity index (χ3n) is 2.73. The van der Waals surface area contributed by atoms with Crippen LogP contribution < -0.4 is 4.74 Å². The molecule has 18 heavy (non-hydrogen) atoms. The maximum atomic E-state index is 8.88. The van der Waals surface area contributed by atoms with Gasteiger partial charge in [0.25, 0.3) is 0 Å². The van der Waals surface area contributed by atoms with Gasteiger partial charge >= 0.3 is 0 Å². The van der Waals surface area contributed by atoms with Gasteiger partial charge in [0, 0.05) is 6.61 Å². The quantitative estimate of drug-likeness (QED) is 0.692. The molecule has 0 fully saturated rings. The Morgan fingerprint density at radius 2 is 2.11 bits per heavy atom. The lowest BCUT2D eigenvalue weighted by Gasteiger charge is -2.08. The molecular formula is C15H21NO2. The van der Waals surface area contributed by atoms with Crippen molar-refractivity contribution in [3.05, 3.63) is 29.3 Å². The van der Waals surface area contributed by atoms with E-state index in [-0.39, 0.29) is 0 Å². The number of nitriles is 1. The molecule has 0 aliphatic rings. The van der Waals surface area contributed by atoms with Crippen molar-refractivity contribution in [2.24, 2.45) is 5.92 Å². The second-order valence-corrected chi connectivity index (χ2v) is 4.74. The SMILES string of the molecule is COc1cc(COCCCC(C)C)ccc1C#N. The molecule has 0 atom stereocenters. The maximum absolute atomic E-state index is 8.88. The minimum Gasteiger partial charge on any atom is -0.495 e. The van der Waals surface area contributed by atoms with Crippen LogP contribution in [-0.4, -0.2) is 13.7 Å². The van der Waals surface area contributed by atoms with Crippen LogP contribution in [0.3, 0.4) is 0 Å². The fourth-order valence-electron chi connectivity index (χ4n) is 1.70.